The zero-order valence-electron chi connectivity index (χ0n) is 11.4. The van der Waals surface area contributed by atoms with Crippen molar-refractivity contribution in [2.75, 3.05) is 26.7 Å². The molecule has 1 atom stereocenters. The number of rotatable bonds is 5. The smallest absolute Gasteiger partial charge is 0.243 e. The first-order valence-corrected chi connectivity index (χ1v) is 7.95. The van der Waals surface area contributed by atoms with Crippen molar-refractivity contribution in [1.29, 1.82) is 0 Å². The number of carbonyl (C=O) groups is 1. The van der Waals surface area contributed by atoms with Crippen LogP contribution in [0.15, 0.2) is 35.2 Å². The second-order valence-electron chi connectivity index (χ2n) is 4.83. The van der Waals surface area contributed by atoms with Crippen LogP contribution >= 0.6 is 0 Å². The number of hydrogen-bond donors (Lipinski definition) is 2. The average molecular weight is 297 g/mol. The highest BCUT2D eigenvalue weighted by Crippen LogP contribution is 2.13. The fraction of sp³-hybridized carbons (Fsp3) is 0.462. The van der Waals surface area contributed by atoms with Crippen molar-refractivity contribution in [3.63, 3.8) is 0 Å². The van der Waals surface area contributed by atoms with E-state index in [2.05, 4.69) is 10.6 Å². The highest BCUT2D eigenvalue weighted by molar-refractivity contribution is 7.89. The van der Waals surface area contributed by atoms with Crippen LogP contribution in [0.3, 0.4) is 0 Å². The van der Waals surface area contributed by atoms with Gasteiger partial charge in [-0.15, -0.1) is 0 Å². The zero-order chi connectivity index (χ0) is 14.6. The van der Waals surface area contributed by atoms with E-state index in [9.17, 15) is 13.2 Å². The van der Waals surface area contributed by atoms with Gasteiger partial charge in [0.1, 0.15) is 0 Å². The molecule has 7 heteroatoms. The third-order valence-electron chi connectivity index (χ3n) is 3.24. The van der Waals surface area contributed by atoms with Crippen molar-refractivity contribution in [1.82, 2.24) is 14.9 Å². The molecule has 0 spiro atoms. The molecule has 2 N–H and O–H groups in total. The van der Waals surface area contributed by atoms with Gasteiger partial charge in [0.15, 0.2) is 0 Å². The van der Waals surface area contributed by atoms with E-state index >= 15 is 0 Å². The van der Waals surface area contributed by atoms with Gasteiger partial charge < -0.3 is 10.6 Å². The van der Waals surface area contributed by atoms with Crippen LogP contribution in [0.1, 0.15) is 6.42 Å². The minimum Gasteiger partial charge on any atom is -0.351 e. The van der Waals surface area contributed by atoms with Gasteiger partial charge in [0.25, 0.3) is 0 Å². The summed E-state index contributed by atoms with van der Waals surface area (Å²) in [6.45, 7) is 1.44. The molecule has 1 aliphatic heterocycles. The molecular weight excluding hydrogens is 278 g/mol. The van der Waals surface area contributed by atoms with Crippen LogP contribution in [0.2, 0.25) is 0 Å². The highest BCUT2D eigenvalue weighted by atomic mass is 32.2. The number of nitrogens with one attached hydrogen (secondary N) is 2. The first-order chi connectivity index (χ1) is 9.50. The lowest BCUT2D eigenvalue weighted by Crippen LogP contribution is -2.43. The quantitative estimate of drug-likeness (QED) is 0.788. The maximum atomic E-state index is 12.2. The lowest BCUT2D eigenvalue weighted by atomic mass is 10.2. The van der Waals surface area contributed by atoms with Gasteiger partial charge in [0.05, 0.1) is 11.4 Å². The maximum Gasteiger partial charge on any atom is 0.243 e. The molecule has 1 unspecified atom stereocenters. The highest BCUT2D eigenvalue weighted by Gasteiger charge is 2.24. The van der Waals surface area contributed by atoms with Crippen LogP contribution in [-0.4, -0.2) is 51.4 Å². The first kappa shape index (κ1) is 15.0. The lowest BCUT2D eigenvalue weighted by Gasteiger charge is -2.18. The number of likely N-dealkylation sites (N-methyl/N-ethyl adjacent to an activating group) is 1. The predicted octanol–water partition coefficient (Wildman–Crippen LogP) is -0.215. The third kappa shape index (κ3) is 3.56. The molecule has 0 radical (unpaired) electrons. The molecule has 6 nitrogen and oxygen atoms in total. The van der Waals surface area contributed by atoms with E-state index in [1.54, 1.807) is 18.2 Å². The van der Waals surface area contributed by atoms with Crippen LogP contribution in [0.5, 0.6) is 0 Å². The maximum absolute atomic E-state index is 12.2. The van der Waals surface area contributed by atoms with Gasteiger partial charge in [-0.2, -0.15) is 4.31 Å². The summed E-state index contributed by atoms with van der Waals surface area (Å²) in [5, 5.41) is 5.97. The normalized spacial score (nSPS) is 19.2. The van der Waals surface area contributed by atoms with Gasteiger partial charge in [-0.1, -0.05) is 18.2 Å². The van der Waals surface area contributed by atoms with E-state index in [0.717, 1.165) is 23.8 Å². The minimum absolute atomic E-state index is 0.0929. The summed E-state index contributed by atoms with van der Waals surface area (Å²) in [6.07, 6.45) is 0.876. The monoisotopic (exact) mass is 297 g/mol. The summed E-state index contributed by atoms with van der Waals surface area (Å²) in [5.74, 6) is -0.277. The summed E-state index contributed by atoms with van der Waals surface area (Å²) in [7, 11) is -2.20. The largest absolute Gasteiger partial charge is 0.351 e. The molecular formula is C13H19N3O3S. The molecule has 0 aromatic heterocycles. The van der Waals surface area contributed by atoms with E-state index in [1.165, 1.54) is 19.2 Å². The van der Waals surface area contributed by atoms with Crippen molar-refractivity contribution in [3.8, 4) is 0 Å². The Kier molecular flexibility index (Phi) is 4.74. The zero-order valence-corrected chi connectivity index (χ0v) is 12.2. The van der Waals surface area contributed by atoms with Crippen LogP contribution in [-0.2, 0) is 14.8 Å². The Morgan fingerprint density at radius 3 is 2.70 bits per heavy atom. The molecule has 0 bridgehead atoms. The Labute approximate surface area is 119 Å². The Balaban J connectivity index is 1.96. The first-order valence-electron chi connectivity index (χ1n) is 6.51. The van der Waals surface area contributed by atoms with Gasteiger partial charge >= 0.3 is 0 Å². The van der Waals surface area contributed by atoms with Crippen LogP contribution in [0.25, 0.3) is 0 Å². The number of sulfonamides is 1. The molecule has 1 aliphatic rings. The second-order valence-corrected chi connectivity index (χ2v) is 6.88. The summed E-state index contributed by atoms with van der Waals surface area (Å²) in [4.78, 5) is 12.0. The van der Waals surface area contributed by atoms with Gasteiger partial charge in [-0.25, -0.2) is 8.42 Å². The predicted molar refractivity (Wildman–Crippen MR) is 75.7 cm³/mol. The lowest BCUT2D eigenvalue weighted by molar-refractivity contribution is -0.121. The second kappa shape index (κ2) is 6.34. The Morgan fingerprint density at radius 1 is 1.40 bits per heavy atom. The molecule has 1 aromatic carbocycles. The number of carbonyl (C=O) groups excluding carboxylic acids is 1. The molecule has 1 aromatic rings. The van der Waals surface area contributed by atoms with Gasteiger partial charge in [0, 0.05) is 19.6 Å². The number of amides is 1. The van der Waals surface area contributed by atoms with E-state index in [4.69, 9.17) is 0 Å². The molecule has 1 saturated heterocycles. The van der Waals surface area contributed by atoms with Crippen LogP contribution < -0.4 is 10.6 Å². The molecule has 110 valence electrons. The van der Waals surface area contributed by atoms with E-state index < -0.39 is 10.0 Å². The van der Waals surface area contributed by atoms with Crippen molar-refractivity contribution < 1.29 is 13.2 Å². The van der Waals surface area contributed by atoms with Gasteiger partial charge in [-0.05, 0) is 25.1 Å². The van der Waals surface area contributed by atoms with E-state index in [1.807, 2.05) is 0 Å². The third-order valence-corrected chi connectivity index (χ3v) is 5.06. The Hall–Kier alpha value is -1.44. The Bertz CT molecular complexity index is 553. The molecule has 20 heavy (non-hydrogen) atoms. The summed E-state index contributed by atoms with van der Waals surface area (Å²) < 4.78 is 25.5. The summed E-state index contributed by atoms with van der Waals surface area (Å²) in [6, 6.07) is 8.19. The van der Waals surface area contributed by atoms with E-state index in [-0.39, 0.29) is 23.4 Å². The van der Waals surface area contributed by atoms with Crippen molar-refractivity contribution in [2.45, 2.75) is 17.4 Å². The molecule has 2 rings (SSSR count). The summed E-state index contributed by atoms with van der Waals surface area (Å²) >= 11 is 0. The van der Waals surface area contributed by atoms with Crippen LogP contribution in [0.4, 0.5) is 0 Å². The standard InChI is InChI=1S/C13H19N3O3S/c1-16(10-13(17)15-11-7-8-14-9-11)20(18,19)12-5-3-2-4-6-12/h2-6,11,14H,7-10H2,1H3,(H,15,17). The van der Waals surface area contributed by atoms with Gasteiger partial charge in [-0.3, -0.25) is 4.79 Å². The summed E-state index contributed by atoms with van der Waals surface area (Å²) in [5.41, 5.74) is 0. The minimum atomic E-state index is -3.61. The van der Waals surface area contributed by atoms with Crippen molar-refractivity contribution in [2.24, 2.45) is 0 Å². The number of nitrogens with zero attached hydrogens (tertiary/aromatic N) is 1. The molecule has 1 fully saturated rings. The van der Waals surface area contributed by atoms with E-state index in [0.29, 0.717) is 0 Å². The van der Waals surface area contributed by atoms with Crippen molar-refractivity contribution >= 4 is 15.9 Å². The SMILES string of the molecule is CN(CC(=O)NC1CCNC1)S(=O)(=O)c1ccccc1. The van der Waals surface area contributed by atoms with Crippen LogP contribution in [0, 0.1) is 0 Å². The Morgan fingerprint density at radius 2 is 2.10 bits per heavy atom. The molecule has 1 heterocycles. The molecule has 0 aliphatic carbocycles. The van der Waals surface area contributed by atoms with Crippen molar-refractivity contribution in [3.05, 3.63) is 30.3 Å². The fourth-order valence-electron chi connectivity index (χ4n) is 2.11. The number of benzene rings is 1. The number of hydrogen-bond acceptors (Lipinski definition) is 4. The topological polar surface area (TPSA) is 78.5 Å². The molecule has 1 amide bonds. The average Bonchev–Trinajstić information content (AvgIpc) is 2.92. The fourth-order valence-corrected chi connectivity index (χ4v) is 3.26. The molecule has 0 saturated carbocycles. The van der Waals surface area contributed by atoms with Gasteiger partial charge in [0.2, 0.25) is 15.9 Å².